The summed E-state index contributed by atoms with van der Waals surface area (Å²) in [6.45, 7) is 2.20. The van der Waals surface area contributed by atoms with Gasteiger partial charge in [0.25, 0.3) is 0 Å². The molecule has 1 aliphatic heterocycles. The van der Waals surface area contributed by atoms with Crippen LogP contribution in [0.3, 0.4) is 0 Å². The van der Waals surface area contributed by atoms with E-state index in [0.717, 1.165) is 25.1 Å². The second-order valence-corrected chi connectivity index (χ2v) is 5.30. The maximum Gasteiger partial charge on any atom is 0.227 e. The molecule has 1 heterocycles. The molecule has 1 amide bonds. The Balaban J connectivity index is 2.05. The van der Waals surface area contributed by atoms with E-state index in [9.17, 15) is 4.79 Å². The Bertz CT molecular complexity index is 465. The summed E-state index contributed by atoms with van der Waals surface area (Å²) in [6, 6.07) is 5.33. The lowest BCUT2D eigenvalue weighted by atomic mass is 10.1. The third kappa shape index (κ3) is 3.39. The Labute approximate surface area is 118 Å². The highest BCUT2D eigenvalue weighted by Crippen LogP contribution is 2.24. The molecule has 1 aromatic rings. The largest absolute Gasteiger partial charge is 0.496 e. The van der Waals surface area contributed by atoms with E-state index in [4.69, 9.17) is 22.1 Å². The van der Waals surface area contributed by atoms with Crippen molar-refractivity contribution in [2.75, 3.05) is 26.7 Å². The first kappa shape index (κ1) is 14.2. The Morgan fingerprint density at radius 2 is 2.37 bits per heavy atom. The summed E-state index contributed by atoms with van der Waals surface area (Å²) >= 11 is 5.97. The normalized spacial score (nSPS) is 18.7. The first-order valence-corrected chi connectivity index (χ1v) is 6.82. The van der Waals surface area contributed by atoms with Crippen molar-refractivity contribution >= 4 is 17.5 Å². The van der Waals surface area contributed by atoms with E-state index in [1.54, 1.807) is 25.3 Å². The standard InChI is InChI=1S/C14H19ClN2O2/c1-19-13-3-2-12(15)6-11(13)7-14(18)17-5-4-10(8-16)9-17/h2-3,6,10H,4-5,7-9,16H2,1H3/t10-/m0/s1. The minimum atomic E-state index is 0.108. The number of halogens is 1. The predicted octanol–water partition coefficient (Wildman–Crippen LogP) is 1.70. The van der Waals surface area contributed by atoms with Gasteiger partial charge in [-0.15, -0.1) is 0 Å². The van der Waals surface area contributed by atoms with Crippen molar-refractivity contribution in [2.45, 2.75) is 12.8 Å². The van der Waals surface area contributed by atoms with Gasteiger partial charge in [-0.3, -0.25) is 4.79 Å². The van der Waals surface area contributed by atoms with E-state index in [1.165, 1.54) is 0 Å². The Hall–Kier alpha value is -1.26. The Kier molecular flexibility index (Phi) is 4.66. The first-order chi connectivity index (χ1) is 9.13. The van der Waals surface area contributed by atoms with Gasteiger partial charge in [-0.25, -0.2) is 0 Å². The second kappa shape index (κ2) is 6.26. The molecule has 5 heteroatoms. The van der Waals surface area contributed by atoms with Crippen LogP contribution in [-0.2, 0) is 11.2 Å². The first-order valence-electron chi connectivity index (χ1n) is 6.44. The smallest absolute Gasteiger partial charge is 0.227 e. The monoisotopic (exact) mass is 282 g/mol. The van der Waals surface area contributed by atoms with Crippen LogP contribution in [0, 0.1) is 5.92 Å². The van der Waals surface area contributed by atoms with Crippen LogP contribution in [-0.4, -0.2) is 37.6 Å². The molecular weight excluding hydrogens is 264 g/mol. The van der Waals surface area contributed by atoms with Crippen molar-refractivity contribution in [3.8, 4) is 5.75 Å². The molecule has 0 saturated carbocycles. The van der Waals surface area contributed by atoms with E-state index in [2.05, 4.69) is 0 Å². The zero-order valence-electron chi connectivity index (χ0n) is 11.1. The summed E-state index contributed by atoms with van der Waals surface area (Å²) in [5, 5.41) is 0.616. The number of hydrogen-bond donors (Lipinski definition) is 1. The SMILES string of the molecule is COc1ccc(Cl)cc1CC(=O)N1CC[C@@H](CN)C1. The lowest BCUT2D eigenvalue weighted by molar-refractivity contribution is -0.129. The Morgan fingerprint density at radius 1 is 1.58 bits per heavy atom. The van der Waals surface area contributed by atoms with Crippen LogP contribution in [0.5, 0.6) is 5.75 Å². The number of nitrogens with zero attached hydrogens (tertiary/aromatic N) is 1. The van der Waals surface area contributed by atoms with Crippen molar-refractivity contribution in [2.24, 2.45) is 11.7 Å². The van der Waals surface area contributed by atoms with Crippen molar-refractivity contribution in [1.82, 2.24) is 4.90 Å². The molecule has 0 spiro atoms. The van der Waals surface area contributed by atoms with Crippen LogP contribution in [0.2, 0.25) is 5.02 Å². The molecule has 0 aliphatic carbocycles. The molecule has 1 aromatic carbocycles. The molecule has 2 N–H and O–H groups in total. The summed E-state index contributed by atoms with van der Waals surface area (Å²) < 4.78 is 5.26. The quantitative estimate of drug-likeness (QED) is 0.914. The van der Waals surface area contributed by atoms with E-state index >= 15 is 0 Å². The summed E-state index contributed by atoms with van der Waals surface area (Å²) in [5.74, 6) is 1.24. The number of hydrogen-bond acceptors (Lipinski definition) is 3. The number of carbonyl (C=O) groups excluding carboxylic acids is 1. The molecule has 4 nitrogen and oxygen atoms in total. The van der Waals surface area contributed by atoms with Crippen molar-refractivity contribution in [1.29, 1.82) is 0 Å². The number of nitrogens with two attached hydrogens (primary N) is 1. The molecule has 19 heavy (non-hydrogen) atoms. The molecular formula is C14H19ClN2O2. The maximum atomic E-state index is 12.2. The Morgan fingerprint density at radius 3 is 3.00 bits per heavy atom. The molecule has 104 valence electrons. The van der Waals surface area contributed by atoms with Gasteiger partial charge >= 0.3 is 0 Å². The molecule has 1 atom stereocenters. The average Bonchev–Trinajstić information content (AvgIpc) is 2.88. The molecule has 2 rings (SSSR count). The summed E-state index contributed by atoms with van der Waals surface area (Å²) in [4.78, 5) is 14.1. The van der Waals surface area contributed by atoms with Gasteiger partial charge in [0.05, 0.1) is 13.5 Å². The highest BCUT2D eigenvalue weighted by Gasteiger charge is 2.25. The van der Waals surface area contributed by atoms with Gasteiger partial charge in [0.2, 0.25) is 5.91 Å². The summed E-state index contributed by atoms with van der Waals surface area (Å²) in [5.41, 5.74) is 6.47. The molecule has 1 saturated heterocycles. The fourth-order valence-electron chi connectivity index (χ4n) is 2.41. The van der Waals surface area contributed by atoms with Gasteiger partial charge in [0.1, 0.15) is 5.75 Å². The van der Waals surface area contributed by atoms with E-state index < -0.39 is 0 Å². The molecule has 0 aromatic heterocycles. The van der Waals surface area contributed by atoms with E-state index in [-0.39, 0.29) is 5.91 Å². The zero-order valence-corrected chi connectivity index (χ0v) is 11.8. The molecule has 0 radical (unpaired) electrons. The topological polar surface area (TPSA) is 55.6 Å². The third-order valence-corrected chi connectivity index (χ3v) is 3.79. The van der Waals surface area contributed by atoms with Crippen molar-refractivity contribution < 1.29 is 9.53 Å². The lowest BCUT2D eigenvalue weighted by Crippen LogP contribution is -2.31. The zero-order chi connectivity index (χ0) is 13.8. The fourth-order valence-corrected chi connectivity index (χ4v) is 2.61. The van der Waals surface area contributed by atoms with Gasteiger partial charge in [-0.1, -0.05) is 11.6 Å². The third-order valence-electron chi connectivity index (χ3n) is 3.56. The van der Waals surface area contributed by atoms with Crippen LogP contribution >= 0.6 is 11.6 Å². The minimum absolute atomic E-state index is 0.108. The van der Waals surface area contributed by atoms with Crippen molar-refractivity contribution in [3.05, 3.63) is 28.8 Å². The minimum Gasteiger partial charge on any atom is -0.496 e. The van der Waals surface area contributed by atoms with Crippen LogP contribution in [0.15, 0.2) is 18.2 Å². The van der Waals surface area contributed by atoms with Gasteiger partial charge in [-0.05, 0) is 37.1 Å². The number of ether oxygens (including phenoxy) is 1. The second-order valence-electron chi connectivity index (χ2n) is 4.86. The summed E-state index contributed by atoms with van der Waals surface area (Å²) in [7, 11) is 1.59. The van der Waals surface area contributed by atoms with Crippen LogP contribution in [0.4, 0.5) is 0 Å². The number of likely N-dealkylation sites (tertiary alicyclic amines) is 1. The van der Waals surface area contributed by atoms with Crippen LogP contribution < -0.4 is 10.5 Å². The van der Waals surface area contributed by atoms with Gasteiger partial charge in [0.15, 0.2) is 0 Å². The van der Waals surface area contributed by atoms with Gasteiger partial charge < -0.3 is 15.4 Å². The predicted molar refractivity (Wildman–Crippen MR) is 75.4 cm³/mol. The fraction of sp³-hybridized carbons (Fsp3) is 0.500. The average molecular weight is 283 g/mol. The molecule has 1 fully saturated rings. The number of rotatable bonds is 4. The number of methoxy groups -OCH3 is 1. The van der Waals surface area contributed by atoms with Crippen LogP contribution in [0.25, 0.3) is 0 Å². The van der Waals surface area contributed by atoms with E-state index in [1.807, 2.05) is 4.90 Å². The van der Waals surface area contributed by atoms with Crippen molar-refractivity contribution in [3.63, 3.8) is 0 Å². The maximum absolute atomic E-state index is 12.2. The number of benzene rings is 1. The number of carbonyl (C=O) groups is 1. The molecule has 1 aliphatic rings. The highest BCUT2D eigenvalue weighted by atomic mass is 35.5. The van der Waals surface area contributed by atoms with Crippen LogP contribution in [0.1, 0.15) is 12.0 Å². The van der Waals surface area contributed by atoms with Gasteiger partial charge in [-0.2, -0.15) is 0 Å². The molecule has 0 bridgehead atoms. The lowest BCUT2D eigenvalue weighted by Gasteiger charge is -2.17. The van der Waals surface area contributed by atoms with Gasteiger partial charge in [0, 0.05) is 23.7 Å². The number of amides is 1. The highest BCUT2D eigenvalue weighted by molar-refractivity contribution is 6.30. The summed E-state index contributed by atoms with van der Waals surface area (Å²) in [6.07, 6.45) is 1.32. The molecule has 0 unspecified atom stereocenters. The van der Waals surface area contributed by atoms with E-state index in [0.29, 0.717) is 29.7 Å².